The van der Waals surface area contributed by atoms with Gasteiger partial charge in [0.1, 0.15) is 0 Å². The Labute approximate surface area is 121 Å². The Kier molecular flexibility index (Phi) is 4.33. The number of halogens is 3. The molecule has 0 aliphatic rings. The van der Waals surface area contributed by atoms with Crippen molar-refractivity contribution in [2.45, 2.75) is 13.5 Å². The zero-order valence-corrected chi connectivity index (χ0v) is 11.9. The molecule has 0 saturated heterocycles. The summed E-state index contributed by atoms with van der Waals surface area (Å²) in [6.07, 6.45) is 1.76. The molecule has 0 saturated carbocycles. The number of nitrogens with one attached hydrogen (secondary N) is 1. The molecule has 1 aromatic heterocycles. The first-order valence-electron chi connectivity index (χ1n) is 5.37. The van der Waals surface area contributed by atoms with Crippen LogP contribution in [-0.4, -0.2) is 4.98 Å². The van der Waals surface area contributed by atoms with E-state index in [-0.39, 0.29) is 0 Å². The third kappa shape index (κ3) is 3.08. The molecule has 1 heterocycles. The van der Waals surface area contributed by atoms with Gasteiger partial charge < -0.3 is 5.32 Å². The molecule has 94 valence electrons. The van der Waals surface area contributed by atoms with E-state index in [0.29, 0.717) is 21.6 Å². The van der Waals surface area contributed by atoms with Gasteiger partial charge in [0.05, 0.1) is 33.0 Å². The normalized spacial score (nSPS) is 10.4. The van der Waals surface area contributed by atoms with E-state index < -0.39 is 0 Å². The van der Waals surface area contributed by atoms with Crippen LogP contribution in [0, 0.1) is 6.92 Å². The number of benzene rings is 1. The summed E-state index contributed by atoms with van der Waals surface area (Å²) >= 11 is 17.9. The van der Waals surface area contributed by atoms with Gasteiger partial charge in [-0.25, -0.2) is 0 Å². The fourth-order valence-electron chi connectivity index (χ4n) is 1.54. The third-order valence-corrected chi connectivity index (χ3v) is 3.61. The molecule has 0 atom stereocenters. The van der Waals surface area contributed by atoms with Crippen molar-refractivity contribution in [3.8, 4) is 0 Å². The van der Waals surface area contributed by atoms with Gasteiger partial charge in [0.2, 0.25) is 0 Å². The smallest absolute Gasteiger partial charge is 0.0653 e. The summed E-state index contributed by atoms with van der Waals surface area (Å²) in [6.45, 7) is 2.60. The molecular formula is C13H11Cl3N2. The molecule has 0 unspecified atom stereocenters. The van der Waals surface area contributed by atoms with E-state index in [2.05, 4.69) is 10.3 Å². The number of pyridine rings is 1. The van der Waals surface area contributed by atoms with E-state index in [1.165, 1.54) is 0 Å². The predicted molar refractivity (Wildman–Crippen MR) is 77.8 cm³/mol. The van der Waals surface area contributed by atoms with E-state index in [1.807, 2.05) is 19.1 Å². The predicted octanol–water partition coefficient (Wildman–Crippen LogP) is 4.96. The van der Waals surface area contributed by atoms with E-state index in [1.54, 1.807) is 18.3 Å². The van der Waals surface area contributed by atoms with Crippen LogP contribution in [0.2, 0.25) is 15.1 Å². The lowest BCUT2D eigenvalue weighted by molar-refractivity contribution is 1.02. The Bertz CT molecular complexity index is 570. The van der Waals surface area contributed by atoms with Crippen molar-refractivity contribution >= 4 is 40.5 Å². The summed E-state index contributed by atoms with van der Waals surface area (Å²) in [5, 5.41) is 4.66. The molecule has 2 nitrogen and oxygen atoms in total. The average Bonchev–Trinajstić information content (AvgIpc) is 2.34. The Morgan fingerprint density at radius 2 is 1.83 bits per heavy atom. The highest BCUT2D eigenvalue weighted by Gasteiger charge is 2.06. The second kappa shape index (κ2) is 5.79. The highest BCUT2D eigenvalue weighted by atomic mass is 35.5. The number of aromatic nitrogens is 1. The minimum atomic E-state index is 0.446. The Hall–Kier alpha value is -0.960. The van der Waals surface area contributed by atoms with Crippen molar-refractivity contribution in [3.63, 3.8) is 0 Å². The maximum absolute atomic E-state index is 6.08. The summed E-state index contributed by atoms with van der Waals surface area (Å²) in [6, 6.07) is 7.26. The largest absolute Gasteiger partial charge is 0.378 e. The van der Waals surface area contributed by atoms with Gasteiger partial charge in [-0.2, -0.15) is 0 Å². The van der Waals surface area contributed by atoms with Gasteiger partial charge in [0, 0.05) is 6.20 Å². The molecule has 18 heavy (non-hydrogen) atoms. The van der Waals surface area contributed by atoms with Crippen LogP contribution in [-0.2, 0) is 6.54 Å². The molecule has 1 aromatic carbocycles. The molecule has 5 heteroatoms. The zero-order chi connectivity index (χ0) is 13.1. The quantitative estimate of drug-likeness (QED) is 0.810. The molecular weight excluding hydrogens is 291 g/mol. The molecule has 0 amide bonds. The zero-order valence-electron chi connectivity index (χ0n) is 9.67. The topological polar surface area (TPSA) is 24.9 Å². The molecule has 1 N–H and O–H groups in total. The summed E-state index contributed by atoms with van der Waals surface area (Å²) in [5.41, 5.74) is 2.84. The average molecular weight is 302 g/mol. The van der Waals surface area contributed by atoms with Crippen molar-refractivity contribution in [3.05, 3.63) is 56.8 Å². The van der Waals surface area contributed by atoms with Crippen LogP contribution in [0.3, 0.4) is 0 Å². The second-order valence-electron chi connectivity index (χ2n) is 3.87. The molecule has 2 aromatic rings. The van der Waals surface area contributed by atoms with Crippen LogP contribution in [0.15, 0.2) is 30.5 Å². The Morgan fingerprint density at radius 1 is 1.11 bits per heavy atom. The minimum absolute atomic E-state index is 0.446. The number of hydrogen-bond acceptors (Lipinski definition) is 2. The number of anilines is 1. The van der Waals surface area contributed by atoms with Crippen LogP contribution < -0.4 is 5.32 Å². The van der Waals surface area contributed by atoms with Crippen LogP contribution in [0.1, 0.15) is 11.3 Å². The van der Waals surface area contributed by atoms with Gasteiger partial charge in [-0.05, 0) is 30.7 Å². The molecule has 2 rings (SSSR count). The van der Waals surface area contributed by atoms with Gasteiger partial charge in [0.15, 0.2) is 0 Å². The lowest BCUT2D eigenvalue weighted by Gasteiger charge is -2.10. The summed E-state index contributed by atoms with van der Waals surface area (Å²) < 4.78 is 0. The summed E-state index contributed by atoms with van der Waals surface area (Å²) in [7, 11) is 0. The first-order valence-corrected chi connectivity index (χ1v) is 6.50. The third-order valence-electron chi connectivity index (χ3n) is 2.57. The van der Waals surface area contributed by atoms with Crippen molar-refractivity contribution in [2.75, 3.05) is 5.32 Å². The van der Waals surface area contributed by atoms with E-state index in [4.69, 9.17) is 34.8 Å². The lowest BCUT2D eigenvalue weighted by Crippen LogP contribution is -2.03. The Balaban J connectivity index is 2.16. The van der Waals surface area contributed by atoms with Crippen molar-refractivity contribution < 1.29 is 0 Å². The van der Waals surface area contributed by atoms with Gasteiger partial charge in [0.25, 0.3) is 0 Å². The fourth-order valence-corrected chi connectivity index (χ4v) is 2.15. The van der Waals surface area contributed by atoms with E-state index in [9.17, 15) is 0 Å². The molecule has 0 fully saturated rings. The van der Waals surface area contributed by atoms with E-state index in [0.717, 1.165) is 16.9 Å². The van der Waals surface area contributed by atoms with Crippen molar-refractivity contribution in [1.29, 1.82) is 0 Å². The first-order chi connectivity index (χ1) is 8.58. The maximum atomic E-state index is 6.08. The fraction of sp³-hybridized carbons (Fsp3) is 0.154. The van der Waals surface area contributed by atoms with Gasteiger partial charge in [-0.3, -0.25) is 4.98 Å². The van der Waals surface area contributed by atoms with Crippen LogP contribution in [0.5, 0.6) is 0 Å². The van der Waals surface area contributed by atoms with Gasteiger partial charge >= 0.3 is 0 Å². The molecule has 0 bridgehead atoms. The van der Waals surface area contributed by atoms with Gasteiger partial charge in [-0.15, -0.1) is 0 Å². The first kappa shape index (κ1) is 13.5. The van der Waals surface area contributed by atoms with Crippen molar-refractivity contribution in [1.82, 2.24) is 4.98 Å². The van der Waals surface area contributed by atoms with E-state index >= 15 is 0 Å². The molecule has 0 radical (unpaired) electrons. The second-order valence-corrected chi connectivity index (χ2v) is 5.09. The molecule has 0 aliphatic carbocycles. The SMILES string of the molecule is Cc1cccnc1CNc1cc(Cl)c(Cl)cc1Cl. The van der Waals surface area contributed by atoms with Crippen LogP contribution in [0.4, 0.5) is 5.69 Å². The highest BCUT2D eigenvalue weighted by molar-refractivity contribution is 6.44. The van der Waals surface area contributed by atoms with Crippen LogP contribution in [0.25, 0.3) is 0 Å². The monoisotopic (exact) mass is 300 g/mol. The summed E-state index contributed by atoms with van der Waals surface area (Å²) in [4.78, 5) is 4.30. The Morgan fingerprint density at radius 3 is 2.56 bits per heavy atom. The standard InChI is InChI=1S/C13H11Cl3N2/c1-8-3-2-4-17-13(8)7-18-12-6-10(15)9(14)5-11(12)16/h2-6,18H,7H2,1H3. The highest BCUT2D eigenvalue weighted by Crippen LogP contribution is 2.32. The number of aryl methyl sites for hydroxylation is 1. The minimum Gasteiger partial charge on any atom is -0.378 e. The van der Waals surface area contributed by atoms with Crippen LogP contribution >= 0.6 is 34.8 Å². The lowest BCUT2D eigenvalue weighted by atomic mass is 10.2. The molecule has 0 aliphatic heterocycles. The number of nitrogens with zero attached hydrogens (tertiary/aromatic N) is 1. The maximum Gasteiger partial charge on any atom is 0.0653 e. The van der Waals surface area contributed by atoms with Gasteiger partial charge in [-0.1, -0.05) is 40.9 Å². The summed E-state index contributed by atoms with van der Waals surface area (Å²) in [5.74, 6) is 0. The molecule has 0 spiro atoms. The number of hydrogen-bond donors (Lipinski definition) is 1. The number of rotatable bonds is 3. The van der Waals surface area contributed by atoms with Crippen molar-refractivity contribution in [2.24, 2.45) is 0 Å².